The van der Waals surface area contributed by atoms with Crippen LogP contribution >= 0.6 is 11.6 Å². The maximum Gasteiger partial charge on any atom is 0.314 e. The summed E-state index contributed by atoms with van der Waals surface area (Å²) in [5.74, 6) is 0.779. The van der Waals surface area contributed by atoms with Crippen molar-refractivity contribution in [3.63, 3.8) is 0 Å². The van der Waals surface area contributed by atoms with E-state index in [1.54, 1.807) is 12.1 Å². The molecule has 1 aliphatic rings. The summed E-state index contributed by atoms with van der Waals surface area (Å²) >= 11 is 5.90. The van der Waals surface area contributed by atoms with E-state index in [9.17, 15) is 4.79 Å². The molecule has 0 N–H and O–H groups in total. The molecule has 0 amide bonds. The Hall–Kier alpha value is -1.02. The molecule has 0 unspecified atom stereocenters. The normalized spacial score (nSPS) is 20.0. The van der Waals surface area contributed by atoms with E-state index in [1.165, 1.54) is 0 Å². The Morgan fingerprint density at radius 3 is 2.87 bits per heavy atom. The average molecular weight is 225 g/mol. The molecule has 0 fully saturated rings. The second kappa shape index (κ2) is 3.86. The zero-order chi connectivity index (χ0) is 11.0. The maximum atomic E-state index is 11.6. The lowest BCUT2D eigenvalue weighted by Gasteiger charge is -2.25. The maximum absolute atomic E-state index is 11.6. The summed E-state index contributed by atoms with van der Waals surface area (Å²) in [5.41, 5.74) is 1.03. The standard InChI is InChI=1S/C12H13ClO2/c1-7(2)10-6-8-5-9(13)3-4-11(8)15-12(10)14/h3-5,7,10H,6H2,1-2H3/t10-/m0/s1. The van der Waals surface area contributed by atoms with Crippen molar-refractivity contribution in [2.24, 2.45) is 11.8 Å². The Labute approximate surface area is 94.2 Å². The fourth-order valence-corrected chi connectivity index (χ4v) is 2.01. The molecule has 0 aliphatic carbocycles. The summed E-state index contributed by atoms with van der Waals surface area (Å²) in [6.07, 6.45) is 0.729. The third-order valence-electron chi connectivity index (χ3n) is 2.78. The molecule has 0 aromatic heterocycles. The summed E-state index contributed by atoms with van der Waals surface area (Å²) in [6, 6.07) is 5.37. The van der Waals surface area contributed by atoms with Crippen LogP contribution in [0.25, 0.3) is 0 Å². The zero-order valence-electron chi connectivity index (χ0n) is 8.79. The molecular formula is C12H13ClO2. The highest BCUT2D eigenvalue weighted by Crippen LogP contribution is 2.32. The van der Waals surface area contributed by atoms with Crippen LogP contribution < -0.4 is 4.74 Å². The minimum absolute atomic E-state index is 0.0454. The first-order valence-electron chi connectivity index (χ1n) is 5.08. The number of carbonyl (C=O) groups is 1. The largest absolute Gasteiger partial charge is 0.426 e. The predicted molar refractivity (Wildman–Crippen MR) is 59.1 cm³/mol. The fraction of sp³-hybridized carbons (Fsp3) is 0.417. The van der Waals surface area contributed by atoms with E-state index in [2.05, 4.69) is 0 Å². The van der Waals surface area contributed by atoms with Crippen molar-refractivity contribution in [1.82, 2.24) is 0 Å². The second-order valence-corrected chi connectivity index (χ2v) is 4.66. The van der Waals surface area contributed by atoms with E-state index >= 15 is 0 Å². The van der Waals surface area contributed by atoms with Crippen molar-refractivity contribution in [3.8, 4) is 5.75 Å². The molecule has 0 saturated heterocycles. The van der Waals surface area contributed by atoms with Crippen molar-refractivity contribution in [2.75, 3.05) is 0 Å². The van der Waals surface area contributed by atoms with E-state index in [-0.39, 0.29) is 11.9 Å². The van der Waals surface area contributed by atoms with E-state index < -0.39 is 0 Å². The van der Waals surface area contributed by atoms with Crippen molar-refractivity contribution in [2.45, 2.75) is 20.3 Å². The summed E-state index contributed by atoms with van der Waals surface area (Å²) in [7, 11) is 0. The third kappa shape index (κ3) is 2.00. The van der Waals surface area contributed by atoms with Gasteiger partial charge in [0.05, 0.1) is 5.92 Å². The van der Waals surface area contributed by atoms with Gasteiger partial charge in [0.15, 0.2) is 0 Å². The molecule has 2 rings (SSSR count). The van der Waals surface area contributed by atoms with Gasteiger partial charge in [0, 0.05) is 5.02 Å². The first-order valence-corrected chi connectivity index (χ1v) is 5.46. The summed E-state index contributed by atoms with van der Waals surface area (Å²) in [6.45, 7) is 4.06. The van der Waals surface area contributed by atoms with Crippen LogP contribution in [0.4, 0.5) is 0 Å². The van der Waals surface area contributed by atoms with Crippen LogP contribution in [0.1, 0.15) is 19.4 Å². The van der Waals surface area contributed by atoms with Gasteiger partial charge in [-0.1, -0.05) is 25.4 Å². The van der Waals surface area contributed by atoms with Crippen LogP contribution in [0, 0.1) is 11.8 Å². The molecule has 1 aliphatic heterocycles. The molecule has 2 nitrogen and oxygen atoms in total. The number of rotatable bonds is 1. The molecule has 3 heteroatoms. The van der Waals surface area contributed by atoms with Gasteiger partial charge in [0.25, 0.3) is 0 Å². The highest BCUT2D eigenvalue weighted by molar-refractivity contribution is 6.30. The van der Waals surface area contributed by atoms with Gasteiger partial charge in [-0.3, -0.25) is 4.79 Å². The number of carbonyl (C=O) groups excluding carboxylic acids is 1. The zero-order valence-corrected chi connectivity index (χ0v) is 9.54. The molecule has 1 aromatic rings. The second-order valence-electron chi connectivity index (χ2n) is 4.23. The van der Waals surface area contributed by atoms with Gasteiger partial charge in [0.1, 0.15) is 5.75 Å². The van der Waals surface area contributed by atoms with Gasteiger partial charge in [0.2, 0.25) is 0 Å². The lowest BCUT2D eigenvalue weighted by atomic mass is 9.87. The molecule has 1 atom stereocenters. The topological polar surface area (TPSA) is 26.3 Å². The van der Waals surface area contributed by atoms with Crippen molar-refractivity contribution >= 4 is 17.6 Å². The fourth-order valence-electron chi connectivity index (χ4n) is 1.82. The number of halogens is 1. The van der Waals surface area contributed by atoms with Crippen molar-refractivity contribution in [1.29, 1.82) is 0 Å². The highest BCUT2D eigenvalue weighted by atomic mass is 35.5. The summed E-state index contributed by atoms with van der Waals surface area (Å²) in [5, 5.41) is 0.689. The summed E-state index contributed by atoms with van der Waals surface area (Å²) < 4.78 is 5.26. The number of benzene rings is 1. The molecule has 1 aromatic carbocycles. The van der Waals surface area contributed by atoms with Gasteiger partial charge >= 0.3 is 5.97 Å². The minimum Gasteiger partial charge on any atom is -0.426 e. The van der Waals surface area contributed by atoms with E-state index in [0.717, 1.165) is 12.0 Å². The van der Waals surface area contributed by atoms with Crippen LogP contribution in [0.5, 0.6) is 5.75 Å². The molecule has 0 radical (unpaired) electrons. The highest BCUT2D eigenvalue weighted by Gasteiger charge is 2.30. The first-order chi connectivity index (χ1) is 7.08. The smallest absolute Gasteiger partial charge is 0.314 e. The Morgan fingerprint density at radius 1 is 1.47 bits per heavy atom. The van der Waals surface area contributed by atoms with E-state index in [4.69, 9.17) is 16.3 Å². The van der Waals surface area contributed by atoms with Gasteiger partial charge < -0.3 is 4.74 Å². The van der Waals surface area contributed by atoms with Crippen LogP contribution in [-0.4, -0.2) is 5.97 Å². The molecule has 80 valence electrons. The van der Waals surface area contributed by atoms with Gasteiger partial charge in [-0.15, -0.1) is 0 Å². The third-order valence-corrected chi connectivity index (χ3v) is 3.02. The number of fused-ring (bicyclic) bond motifs is 1. The SMILES string of the molecule is CC(C)[C@@H]1Cc2cc(Cl)ccc2OC1=O. The lowest BCUT2D eigenvalue weighted by Crippen LogP contribution is -2.31. The van der Waals surface area contributed by atoms with Crippen molar-refractivity contribution in [3.05, 3.63) is 28.8 Å². The molecule has 0 bridgehead atoms. The Balaban J connectivity index is 2.34. The molecule has 1 heterocycles. The van der Waals surface area contributed by atoms with Crippen LogP contribution in [0.2, 0.25) is 5.02 Å². The van der Waals surface area contributed by atoms with E-state index in [0.29, 0.717) is 16.7 Å². The van der Waals surface area contributed by atoms with Gasteiger partial charge in [-0.25, -0.2) is 0 Å². The van der Waals surface area contributed by atoms with E-state index in [1.807, 2.05) is 19.9 Å². The quantitative estimate of drug-likeness (QED) is 0.541. The number of ether oxygens (including phenoxy) is 1. The average Bonchev–Trinajstić information content (AvgIpc) is 2.17. The Kier molecular flexibility index (Phi) is 2.70. The number of esters is 1. The first kappa shape index (κ1) is 10.5. The van der Waals surface area contributed by atoms with Crippen LogP contribution in [0.3, 0.4) is 0 Å². The number of hydrogen-bond donors (Lipinski definition) is 0. The monoisotopic (exact) mass is 224 g/mol. The number of hydrogen-bond acceptors (Lipinski definition) is 2. The molecular weight excluding hydrogens is 212 g/mol. The van der Waals surface area contributed by atoms with Crippen LogP contribution in [0.15, 0.2) is 18.2 Å². The van der Waals surface area contributed by atoms with Crippen LogP contribution in [-0.2, 0) is 11.2 Å². The Bertz CT molecular complexity index is 399. The van der Waals surface area contributed by atoms with Gasteiger partial charge in [-0.2, -0.15) is 0 Å². The molecule has 0 saturated carbocycles. The summed E-state index contributed by atoms with van der Waals surface area (Å²) in [4.78, 5) is 11.6. The lowest BCUT2D eigenvalue weighted by molar-refractivity contribution is -0.141. The predicted octanol–water partition coefficient (Wildman–Crippen LogP) is 3.07. The Morgan fingerprint density at radius 2 is 2.20 bits per heavy atom. The molecule has 15 heavy (non-hydrogen) atoms. The van der Waals surface area contributed by atoms with Crippen molar-refractivity contribution < 1.29 is 9.53 Å². The molecule has 0 spiro atoms. The van der Waals surface area contributed by atoms with Gasteiger partial charge in [-0.05, 0) is 36.1 Å². The minimum atomic E-state index is -0.125.